The van der Waals surface area contributed by atoms with E-state index in [-0.39, 0.29) is 17.2 Å². The predicted molar refractivity (Wildman–Crippen MR) is 112 cm³/mol. The quantitative estimate of drug-likeness (QED) is 0.584. The van der Waals surface area contributed by atoms with Crippen molar-refractivity contribution in [1.29, 1.82) is 0 Å². The van der Waals surface area contributed by atoms with Crippen LogP contribution in [0.15, 0.2) is 71.7 Å². The number of hydrogen-bond donors (Lipinski definition) is 1. The number of hydrogen-bond acceptors (Lipinski definition) is 3. The first-order valence-electron chi connectivity index (χ1n) is 9.24. The lowest BCUT2D eigenvalue weighted by Gasteiger charge is -2.07. The molecule has 29 heavy (non-hydrogen) atoms. The summed E-state index contributed by atoms with van der Waals surface area (Å²) in [5.74, 6) is -0.365. The Hall–Kier alpha value is -3.87. The summed E-state index contributed by atoms with van der Waals surface area (Å²) in [6, 6.07) is 18.9. The second-order valence-electron chi connectivity index (χ2n) is 6.78. The number of benzene rings is 2. The molecule has 7 nitrogen and oxygen atoms in total. The Bertz CT molecular complexity index is 1230. The van der Waals surface area contributed by atoms with Gasteiger partial charge in [-0.1, -0.05) is 36.4 Å². The topological polar surface area (TPSA) is 73.8 Å². The Kier molecular flexibility index (Phi) is 4.64. The van der Waals surface area contributed by atoms with Crippen LogP contribution in [0.5, 0.6) is 0 Å². The number of carbonyl (C=O) groups excluding carboxylic acids is 1. The molecule has 0 saturated carbocycles. The third-order valence-corrected chi connectivity index (χ3v) is 5.05. The molecule has 1 amide bonds. The molecule has 0 unspecified atom stereocenters. The Balaban J connectivity index is 1.69. The van der Waals surface area contributed by atoms with Gasteiger partial charge in [0.2, 0.25) is 0 Å². The predicted octanol–water partition coefficient (Wildman–Crippen LogP) is 3.23. The SMILES string of the molecule is Cc1c(C(=O)Nc2c(C)n(C)n(-c3ccccc3)c2=O)cnn1-c1ccccc1. The normalized spacial score (nSPS) is 10.9. The molecule has 0 aliphatic rings. The first-order valence-corrected chi connectivity index (χ1v) is 9.24. The van der Waals surface area contributed by atoms with Crippen molar-refractivity contribution >= 4 is 11.6 Å². The molecule has 0 spiro atoms. The van der Waals surface area contributed by atoms with Gasteiger partial charge in [0, 0.05) is 7.05 Å². The van der Waals surface area contributed by atoms with E-state index in [0.29, 0.717) is 17.0 Å². The van der Waals surface area contributed by atoms with Crippen molar-refractivity contribution < 1.29 is 4.79 Å². The van der Waals surface area contributed by atoms with Crippen LogP contribution in [0.25, 0.3) is 11.4 Å². The maximum absolute atomic E-state index is 13.0. The van der Waals surface area contributed by atoms with Gasteiger partial charge in [0.1, 0.15) is 5.69 Å². The van der Waals surface area contributed by atoms with Gasteiger partial charge in [-0.25, -0.2) is 9.36 Å². The molecule has 146 valence electrons. The van der Waals surface area contributed by atoms with Gasteiger partial charge in [0.05, 0.1) is 34.5 Å². The van der Waals surface area contributed by atoms with E-state index in [9.17, 15) is 9.59 Å². The monoisotopic (exact) mass is 387 g/mol. The number of amides is 1. The molecule has 0 atom stereocenters. The fourth-order valence-electron chi connectivity index (χ4n) is 3.36. The highest BCUT2D eigenvalue weighted by Gasteiger charge is 2.21. The average Bonchev–Trinajstić information content (AvgIpc) is 3.22. The lowest BCUT2D eigenvalue weighted by Crippen LogP contribution is -2.23. The van der Waals surface area contributed by atoms with Crippen molar-refractivity contribution in [2.45, 2.75) is 13.8 Å². The van der Waals surface area contributed by atoms with Crippen LogP contribution in [0.1, 0.15) is 21.7 Å². The van der Waals surface area contributed by atoms with Crippen molar-refractivity contribution in [3.8, 4) is 11.4 Å². The van der Waals surface area contributed by atoms with E-state index < -0.39 is 0 Å². The number of nitrogens with one attached hydrogen (secondary N) is 1. The molecule has 2 heterocycles. The number of para-hydroxylation sites is 2. The molecule has 2 aromatic carbocycles. The molecule has 1 N–H and O–H groups in total. The van der Waals surface area contributed by atoms with E-state index in [1.54, 1.807) is 23.3 Å². The summed E-state index contributed by atoms with van der Waals surface area (Å²) >= 11 is 0. The van der Waals surface area contributed by atoms with Gasteiger partial charge in [-0.3, -0.25) is 14.3 Å². The highest BCUT2D eigenvalue weighted by atomic mass is 16.2. The average molecular weight is 387 g/mol. The first kappa shape index (κ1) is 18.5. The number of nitrogens with zero attached hydrogens (tertiary/aromatic N) is 4. The van der Waals surface area contributed by atoms with E-state index in [2.05, 4.69) is 10.4 Å². The highest BCUT2D eigenvalue weighted by Crippen LogP contribution is 2.18. The summed E-state index contributed by atoms with van der Waals surface area (Å²) in [7, 11) is 1.79. The third-order valence-electron chi connectivity index (χ3n) is 5.05. The van der Waals surface area contributed by atoms with Crippen LogP contribution in [-0.2, 0) is 7.05 Å². The maximum Gasteiger partial charge on any atom is 0.295 e. The summed E-state index contributed by atoms with van der Waals surface area (Å²) in [6.07, 6.45) is 1.52. The maximum atomic E-state index is 13.0. The van der Waals surface area contributed by atoms with Crippen LogP contribution < -0.4 is 10.9 Å². The molecule has 4 aromatic rings. The Morgan fingerprint density at radius 1 is 0.897 bits per heavy atom. The van der Waals surface area contributed by atoms with E-state index in [1.807, 2.05) is 67.6 Å². The molecule has 0 fully saturated rings. The van der Waals surface area contributed by atoms with Crippen molar-refractivity contribution in [1.82, 2.24) is 19.1 Å². The Morgan fingerprint density at radius 3 is 2.10 bits per heavy atom. The van der Waals surface area contributed by atoms with Crippen molar-refractivity contribution in [2.75, 3.05) is 5.32 Å². The molecule has 7 heteroatoms. The molecule has 0 aliphatic heterocycles. The highest BCUT2D eigenvalue weighted by molar-refractivity contribution is 6.05. The minimum Gasteiger partial charge on any atom is -0.316 e. The van der Waals surface area contributed by atoms with E-state index in [0.717, 1.165) is 11.4 Å². The molecule has 0 bridgehead atoms. The minimum atomic E-state index is -0.365. The Labute approximate surface area is 167 Å². The van der Waals surface area contributed by atoms with Gasteiger partial charge in [-0.2, -0.15) is 5.10 Å². The fourth-order valence-corrected chi connectivity index (χ4v) is 3.36. The second kappa shape index (κ2) is 7.27. The number of rotatable bonds is 4. The second-order valence-corrected chi connectivity index (χ2v) is 6.78. The van der Waals surface area contributed by atoms with E-state index in [1.165, 1.54) is 10.9 Å². The van der Waals surface area contributed by atoms with Crippen molar-refractivity contribution in [3.63, 3.8) is 0 Å². The molecule has 0 aliphatic carbocycles. The van der Waals surface area contributed by atoms with Gasteiger partial charge in [-0.15, -0.1) is 0 Å². The fraction of sp³-hybridized carbons (Fsp3) is 0.136. The number of anilines is 1. The molecule has 2 aromatic heterocycles. The lowest BCUT2D eigenvalue weighted by atomic mass is 10.2. The number of aromatic nitrogens is 4. The molecular weight excluding hydrogens is 366 g/mol. The molecule has 0 saturated heterocycles. The summed E-state index contributed by atoms with van der Waals surface area (Å²) in [4.78, 5) is 25.9. The van der Waals surface area contributed by atoms with Crippen molar-refractivity contribution in [2.24, 2.45) is 7.05 Å². The Morgan fingerprint density at radius 2 is 1.48 bits per heavy atom. The zero-order valence-corrected chi connectivity index (χ0v) is 16.5. The van der Waals surface area contributed by atoms with Crippen LogP contribution in [0.2, 0.25) is 0 Å². The molecule has 0 radical (unpaired) electrons. The molecular formula is C22H21N5O2. The zero-order chi connectivity index (χ0) is 20.5. The lowest BCUT2D eigenvalue weighted by molar-refractivity contribution is 0.102. The third kappa shape index (κ3) is 3.16. The van der Waals surface area contributed by atoms with Crippen LogP contribution in [-0.4, -0.2) is 25.1 Å². The largest absolute Gasteiger partial charge is 0.316 e. The van der Waals surface area contributed by atoms with Crippen molar-refractivity contribution in [3.05, 3.63) is 94.2 Å². The molecule has 4 rings (SSSR count). The van der Waals surface area contributed by atoms with E-state index in [4.69, 9.17) is 0 Å². The number of carbonyl (C=O) groups is 1. The van der Waals surface area contributed by atoms with Gasteiger partial charge < -0.3 is 5.32 Å². The summed E-state index contributed by atoms with van der Waals surface area (Å²) < 4.78 is 4.97. The smallest absolute Gasteiger partial charge is 0.295 e. The van der Waals surface area contributed by atoms with Crippen LogP contribution in [0, 0.1) is 13.8 Å². The minimum absolute atomic E-state index is 0.258. The van der Waals surface area contributed by atoms with E-state index >= 15 is 0 Å². The zero-order valence-electron chi connectivity index (χ0n) is 16.5. The van der Waals surface area contributed by atoms with Gasteiger partial charge in [0.15, 0.2) is 0 Å². The van der Waals surface area contributed by atoms with Crippen LogP contribution in [0.4, 0.5) is 5.69 Å². The van der Waals surface area contributed by atoms with Gasteiger partial charge in [-0.05, 0) is 38.1 Å². The summed E-state index contributed by atoms with van der Waals surface area (Å²) in [5.41, 5.74) is 3.36. The standard InChI is InChI=1S/C22H21N5O2/c1-15-19(14-23-26(15)17-10-6-4-7-11-17)21(28)24-20-16(2)25(3)27(22(20)29)18-12-8-5-9-13-18/h4-14H,1-3H3,(H,24,28). The summed E-state index contributed by atoms with van der Waals surface area (Å²) in [5, 5.41) is 7.12. The first-order chi connectivity index (χ1) is 14.0. The van der Waals surface area contributed by atoms with Gasteiger partial charge in [0.25, 0.3) is 11.5 Å². The summed E-state index contributed by atoms with van der Waals surface area (Å²) in [6.45, 7) is 3.63. The van der Waals surface area contributed by atoms with Gasteiger partial charge >= 0.3 is 0 Å². The van der Waals surface area contributed by atoms with Crippen LogP contribution in [0.3, 0.4) is 0 Å². The van der Waals surface area contributed by atoms with Crippen LogP contribution >= 0.6 is 0 Å².